The van der Waals surface area contributed by atoms with Gasteiger partial charge < -0.3 is 20.1 Å². The lowest BCUT2D eigenvalue weighted by atomic mass is 9.91. The number of methoxy groups -OCH3 is 1. The third-order valence-electron chi connectivity index (χ3n) is 5.15. The number of hydrogen-bond acceptors (Lipinski definition) is 4. The average molecular weight is 372 g/mol. The molecule has 1 aliphatic heterocycles. The van der Waals surface area contributed by atoms with Crippen molar-refractivity contribution in [2.75, 3.05) is 7.11 Å². The fourth-order valence-corrected chi connectivity index (χ4v) is 3.74. The lowest BCUT2D eigenvalue weighted by molar-refractivity contribution is -0.136. The highest BCUT2D eigenvalue weighted by atomic mass is 16.5. The third-order valence-corrected chi connectivity index (χ3v) is 5.15. The summed E-state index contributed by atoms with van der Waals surface area (Å²) in [4.78, 5) is 24.5. The number of urea groups is 1. The van der Waals surface area contributed by atoms with Crippen LogP contribution in [0.15, 0.2) is 35.5 Å². The second-order valence-electron chi connectivity index (χ2n) is 7.45. The van der Waals surface area contributed by atoms with Crippen LogP contribution in [0.2, 0.25) is 0 Å². The SMILES string of the molecule is COC(=O)C1=C(C(C)C)NC(=O)NC1c1ccc(OC2CCCCC2)cc1. The molecule has 2 aliphatic rings. The van der Waals surface area contributed by atoms with Gasteiger partial charge in [0.15, 0.2) is 0 Å². The fraction of sp³-hybridized carbons (Fsp3) is 0.524. The number of amides is 2. The normalized spacial score (nSPS) is 20.9. The van der Waals surface area contributed by atoms with Gasteiger partial charge in [0.05, 0.1) is 24.8 Å². The predicted molar refractivity (Wildman–Crippen MR) is 102 cm³/mol. The Bertz CT molecular complexity index is 718. The summed E-state index contributed by atoms with van der Waals surface area (Å²) in [6, 6.07) is 6.74. The summed E-state index contributed by atoms with van der Waals surface area (Å²) < 4.78 is 11.0. The van der Waals surface area contributed by atoms with Crippen molar-refractivity contribution >= 4 is 12.0 Å². The van der Waals surface area contributed by atoms with Gasteiger partial charge in [0, 0.05) is 5.70 Å². The van der Waals surface area contributed by atoms with E-state index in [9.17, 15) is 9.59 Å². The Kier molecular flexibility index (Phi) is 6.04. The van der Waals surface area contributed by atoms with Gasteiger partial charge in [-0.1, -0.05) is 32.4 Å². The maximum absolute atomic E-state index is 12.4. The van der Waals surface area contributed by atoms with Gasteiger partial charge in [-0.15, -0.1) is 0 Å². The van der Waals surface area contributed by atoms with Crippen LogP contribution in [-0.4, -0.2) is 25.2 Å². The van der Waals surface area contributed by atoms with Gasteiger partial charge in [-0.3, -0.25) is 0 Å². The van der Waals surface area contributed by atoms with E-state index in [0.29, 0.717) is 11.3 Å². The standard InChI is InChI=1S/C21H28N2O4/c1-13(2)18-17(20(24)26-3)19(23-21(25)22-18)14-9-11-16(12-10-14)27-15-7-5-4-6-8-15/h9-13,15,19H,4-8H2,1-3H3,(H2,22,23,25). The first kappa shape index (κ1) is 19.3. The minimum atomic E-state index is -0.549. The predicted octanol–water partition coefficient (Wildman–Crippen LogP) is 3.84. The number of carbonyl (C=O) groups excluding carboxylic acids is 2. The molecule has 1 aliphatic carbocycles. The molecule has 6 heteroatoms. The van der Waals surface area contributed by atoms with Gasteiger partial charge in [-0.05, 0) is 49.3 Å². The van der Waals surface area contributed by atoms with Crippen molar-refractivity contribution in [1.29, 1.82) is 0 Å². The molecule has 0 aromatic heterocycles. The first-order valence-corrected chi connectivity index (χ1v) is 9.66. The Hall–Kier alpha value is -2.50. The maximum Gasteiger partial charge on any atom is 0.337 e. The van der Waals surface area contributed by atoms with Gasteiger partial charge in [-0.2, -0.15) is 0 Å². The minimum absolute atomic E-state index is 0.0124. The molecule has 2 amide bonds. The Morgan fingerprint density at radius 1 is 1.11 bits per heavy atom. The van der Waals surface area contributed by atoms with Crippen molar-refractivity contribution < 1.29 is 19.1 Å². The Labute approximate surface area is 160 Å². The second kappa shape index (κ2) is 8.46. The maximum atomic E-state index is 12.4. The summed E-state index contributed by atoms with van der Waals surface area (Å²) in [5.74, 6) is 0.360. The van der Waals surface area contributed by atoms with Crippen molar-refractivity contribution in [2.24, 2.45) is 5.92 Å². The summed E-state index contributed by atoms with van der Waals surface area (Å²) in [7, 11) is 1.35. The molecule has 1 fully saturated rings. The van der Waals surface area contributed by atoms with Crippen LogP contribution in [0.3, 0.4) is 0 Å². The van der Waals surface area contributed by atoms with Gasteiger partial charge in [-0.25, -0.2) is 9.59 Å². The number of allylic oxidation sites excluding steroid dienone is 1. The molecule has 1 aromatic rings. The van der Waals surface area contributed by atoms with Crippen molar-refractivity contribution in [1.82, 2.24) is 10.6 Å². The van der Waals surface area contributed by atoms with Gasteiger partial charge >= 0.3 is 12.0 Å². The van der Waals surface area contributed by atoms with E-state index >= 15 is 0 Å². The second-order valence-corrected chi connectivity index (χ2v) is 7.45. The number of benzene rings is 1. The number of hydrogen-bond donors (Lipinski definition) is 2. The molecule has 1 aromatic carbocycles. The quantitative estimate of drug-likeness (QED) is 0.770. The first-order valence-electron chi connectivity index (χ1n) is 9.66. The van der Waals surface area contributed by atoms with E-state index in [1.807, 2.05) is 38.1 Å². The highest BCUT2D eigenvalue weighted by Gasteiger charge is 2.34. The summed E-state index contributed by atoms with van der Waals surface area (Å²) in [6.45, 7) is 3.87. The Balaban J connectivity index is 1.85. The molecule has 3 rings (SSSR count). The zero-order valence-electron chi connectivity index (χ0n) is 16.2. The summed E-state index contributed by atoms with van der Waals surface area (Å²) in [5, 5.41) is 5.58. The van der Waals surface area contributed by atoms with Gasteiger partial charge in [0.25, 0.3) is 0 Å². The van der Waals surface area contributed by atoms with Crippen LogP contribution in [0.1, 0.15) is 57.6 Å². The van der Waals surface area contributed by atoms with Crippen LogP contribution in [0.25, 0.3) is 0 Å². The molecule has 0 spiro atoms. The Morgan fingerprint density at radius 2 is 1.78 bits per heavy atom. The smallest absolute Gasteiger partial charge is 0.337 e. The number of rotatable bonds is 5. The van der Waals surface area contributed by atoms with E-state index < -0.39 is 12.0 Å². The van der Waals surface area contributed by atoms with E-state index in [0.717, 1.165) is 24.2 Å². The highest BCUT2D eigenvalue weighted by molar-refractivity contribution is 5.95. The lowest BCUT2D eigenvalue weighted by Gasteiger charge is -2.31. The van der Waals surface area contributed by atoms with E-state index in [1.54, 1.807) is 0 Å². The molecular weight excluding hydrogens is 344 g/mol. The van der Waals surface area contributed by atoms with Crippen LogP contribution in [0.5, 0.6) is 5.75 Å². The fourth-order valence-electron chi connectivity index (χ4n) is 3.74. The van der Waals surface area contributed by atoms with E-state index in [2.05, 4.69) is 10.6 Å². The van der Waals surface area contributed by atoms with E-state index in [-0.39, 0.29) is 18.1 Å². The zero-order valence-corrected chi connectivity index (χ0v) is 16.2. The first-order chi connectivity index (χ1) is 13.0. The number of esters is 1. The molecule has 6 nitrogen and oxygen atoms in total. The monoisotopic (exact) mass is 372 g/mol. The van der Waals surface area contributed by atoms with Crippen molar-refractivity contribution in [2.45, 2.75) is 58.1 Å². The number of nitrogens with one attached hydrogen (secondary N) is 2. The highest BCUT2D eigenvalue weighted by Crippen LogP contribution is 2.32. The van der Waals surface area contributed by atoms with Crippen LogP contribution in [-0.2, 0) is 9.53 Å². The molecule has 1 saturated carbocycles. The van der Waals surface area contributed by atoms with Gasteiger partial charge in [0.1, 0.15) is 5.75 Å². The molecule has 0 radical (unpaired) electrons. The number of ether oxygens (including phenoxy) is 2. The molecule has 0 bridgehead atoms. The van der Waals surface area contributed by atoms with E-state index in [1.165, 1.54) is 26.4 Å². The average Bonchev–Trinajstić information content (AvgIpc) is 2.68. The summed E-state index contributed by atoms with van der Waals surface area (Å²) in [6.07, 6.45) is 6.19. The van der Waals surface area contributed by atoms with Crippen molar-refractivity contribution in [3.63, 3.8) is 0 Å². The molecule has 1 unspecified atom stereocenters. The zero-order chi connectivity index (χ0) is 19.4. The third kappa shape index (κ3) is 4.43. The number of carbonyl (C=O) groups is 2. The van der Waals surface area contributed by atoms with Crippen LogP contribution < -0.4 is 15.4 Å². The molecule has 1 atom stereocenters. The topological polar surface area (TPSA) is 76.7 Å². The van der Waals surface area contributed by atoms with Gasteiger partial charge in [0.2, 0.25) is 0 Å². The Morgan fingerprint density at radius 3 is 2.37 bits per heavy atom. The van der Waals surface area contributed by atoms with Crippen LogP contribution in [0, 0.1) is 5.92 Å². The van der Waals surface area contributed by atoms with Crippen molar-refractivity contribution in [3.05, 3.63) is 41.1 Å². The lowest BCUT2D eigenvalue weighted by Crippen LogP contribution is -2.47. The van der Waals surface area contributed by atoms with Crippen molar-refractivity contribution in [3.8, 4) is 5.75 Å². The molecule has 146 valence electrons. The molecule has 2 N–H and O–H groups in total. The molecule has 27 heavy (non-hydrogen) atoms. The largest absolute Gasteiger partial charge is 0.490 e. The molecule has 0 saturated heterocycles. The van der Waals surface area contributed by atoms with Crippen LogP contribution in [0.4, 0.5) is 4.79 Å². The van der Waals surface area contributed by atoms with Crippen LogP contribution >= 0.6 is 0 Å². The molecule has 1 heterocycles. The summed E-state index contributed by atoms with van der Waals surface area (Å²) in [5.41, 5.74) is 1.85. The molecular formula is C21H28N2O4. The van der Waals surface area contributed by atoms with E-state index in [4.69, 9.17) is 9.47 Å². The minimum Gasteiger partial charge on any atom is -0.490 e. The summed E-state index contributed by atoms with van der Waals surface area (Å²) >= 11 is 0.